The van der Waals surface area contributed by atoms with Crippen molar-refractivity contribution in [3.05, 3.63) is 89.4 Å². The van der Waals surface area contributed by atoms with Crippen LogP contribution in [-0.2, 0) is 21.4 Å². The normalized spacial score (nSPS) is 15.7. The van der Waals surface area contributed by atoms with E-state index in [0.29, 0.717) is 23.0 Å². The average Bonchev–Trinajstić information content (AvgIpc) is 2.79. The first-order valence-electron chi connectivity index (χ1n) is 9.69. The molecule has 1 aliphatic rings. The summed E-state index contributed by atoms with van der Waals surface area (Å²) < 4.78 is 33.9. The van der Waals surface area contributed by atoms with Gasteiger partial charge in [-0.2, -0.15) is 0 Å². The van der Waals surface area contributed by atoms with Gasteiger partial charge in [-0.25, -0.2) is 8.42 Å². The van der Waals surface area contributed by atoms with E-state index in [9.17, 15) is 13.2 Å². The van der Waals surface area contributed by atoms with Crippen LogP contribution in [0.4, 0.5) is 5.69 Å². The number of ether oxygens (including phenoxy) is 1. The molecule has 160 valence electrons. The second kappa shape index (κ2) is 8.61. The number of amides is 1. The number of carbonyl (C=O) groups is 1. The molecule has 0 saturated carbocycles. The molecule has 3 aromatic carbocycles. The van der Waals surface area contributed by atoms with Crippen LogP contribution in [-0.4, -0.2) is 38.9 Å². The number of benzene rings is 3. The van der Waals surface area contributed by atoms with Crippen molar-refractivity contribution < 1.29 is 17.9 Å². The Morgan fingerprint density at radius 3 is 2.39 bits per heavy atom. The highest BCUT2D eigenvalue weighted by molar-refractivity contribution is 7.92. The van der Waals surface area contributed by atoms with Crippen molar-refractivity contribution in [1.29, 1.82) is 0 Å². The highest BCUT2D eigenvalue weighted by atomic mass is 35.5. The average molecular weight is 457 g/mol. The predicted octanol–water partition coefficient (Wildman–Crippen LogP) is 3.95. The lowest BCUT2D eigenvalue weighted by Gasteiger charge is -2.36. The Kier molecular flexibility index (Phi) is 5.89. The Hall–Kier alpha value is -3.03. The van der Waals surface area contributed by atoms with Gasteiger partial charge in [0.05, 0.1) is 17.1 Å². The van der Waals surface area contributed by atoms with Gasteiger partial charge in [-0.3, -0.25) is 9.10 Å². The smallest absolute Gasteiger partial charge is 0.265 e. The summed E-state index contributed by atoms with van der Waals surface area (Å²) in [5, 5.41) is 0.617. The van der Waals surface area contributed by atoms with E-state index in [1.165, 1.54) is 21.3 Å². The van der Waals surface area contributed by atoms with E-state index in [1.807, 2.05) is 12.1 Å². The van der Waals surface area contributed by atoms with Gasteiger partial charge in [-0.05, 0) is 42.0 Å². The lowest BCUT2D eigenvalue weighted by molar-refractivity contribution is -0.137. The van der Waals surface area contributed by atoms with E-state index in [-0.39, 0.29) is 17.3 Å². The standard InChI is InChI=1S/C23H21ClN2O4S/c1-25(15-17-11-13-18(24)14-12-17)23(27)22-16-26(20-9-5-6-10-21(20)30-22)31(28,29)19-7-3-2-4-8-19/h2-14,22H,15-16H2,1H3/t22-/m0/s1. The van der Waals surface area contributed by atoms with Gasteiger partial charge in [-0.15, -0.1) is 0 Å². The van der Waals surface area contributed by atoms with Crippen LogP contribution in [0.5, 0.6) is 5.75 Å². The van der Waals surface area contributed by atoms with E-state index in [1.54, 1.807) is 61.6 Å². The molecule has 31 heavy (non-hydrogen) atoms. The van der Waals surface area contributed by atoms with Crippen LogP contribution in [0.15, 0.2) is 83.8 Å². The quantitative estimate of drug-likeness (QED) is 0.583. The van der Waals surface area contributed by atoms with Crippen LogP contribution >= 0.6 is 11.6 Å². The number of hydrogen-bond donors (Lipinski definition) is 0. The summed E-state index contributed by atoms with van der Waals surface area (Å²) in [4.78, 5) is 14.8. The molecule has 4 rings (SSSR count). The van der Waals surface area contributed by atoms with Gasteiger partial charge in [0.2, 0.25) is 0 Å². The van der Waals surface area contributed by atoms with E-state index in [2.05, 4.69) is 0 Å². The molecule has 1 heterocycles. The first kappa shape index (κ1) is 21.2. The summed E-state index contributed by atoms with van der Waals surface area (Å²) in [5.74, 6) is 0.0456. The number of anilines is 1. The van der Waals surface area contributed by atoms with Crippen molar-refractivity contribution in [3.63, 3.8) is 0 Å². The Morgan fingerprint density at radius 2 is 1.68 bits per heavy atom. The van der Waals surface area contributed by atoms with Crippen LogP contribution < -0.4 is 9.04 Å². The van der Waals surface area contributed by atoms with Crippen LogP contribution in [0.25, 0.3) is 0 Å². The zero-order valence-corrected chi connectivity index (χ0v) is 18.4. The fourth-order valence-electron chi connectivity index (χ4n) is 3.47. The molecule has 8 heteroatoms. The third-order valence-electron chi connectivity index (χ3n) is 5.05. The predicted molar refractivity (Wildman–Crippen MR) is 120 cm³/mol. The van der Waals surface area contributed by atoms with E-state index >= 15 is 0 Å². The van der Waals surface area contributed by atoms with Crippen molar-refractivity contribution in [2.75, 3.05) is 17.9 Å². The number of fused-ring (bicyclic) bond motifs is 1. The van der Waals surface area contributed by atoms with E-state index in [0.717, 1.165) is 5.56 Å². The van der Waals surface area contributed by atoms with Crippen LogP contribution in [0, 0.1) is 0 Å². The number of para-hydroxylation sites is 2. The Morgan fingerprint density at radius 1 is 1.03 bits per heavy atom. The summed E-state index contributed by atoms with van der Waals surface area (Å²) in [7, 11) is -2.20. The molecule has 1 amide bonds. The van der Waals surface area contributed by atoms with Crippen molar-refractivity contribution in [3.8, 4) is 5.75 Å². The summed E-state index contributed by atoms with van der Waals surface area (Å²) in [6, 6.07) is 22.2. The zero-order valence-electron chi connectivity index (χ0n) is 16.8. The summed E-state index contributed by atoms with van der Waals surface area (Å²) in [6.07, 6.45) is -0.967. The Balaban J connectivity index is 1.62. The highest BCUT2D eigenvalue weighted by Gasteiger charge is 2.38. The SMILES string of the molecule is CN(Cc1ccc(Cl)cc1)C(=O)[C@@H]1CN(S(=O)(=O)c2ccccc2)c2ccccc2O1. The second-order valence-electron chi connectivity index (χ2n) is 7.24. The summed E-state index contributed by atoms with van der Waals surface area (Å²) in [6.45, 7) is 0.237. The number of carbonyl (C=O) groups excluding carboxylic acids is 1. The molecule has 0 aromatic heterocycles. The number of rotatable bonds is 5. The van der Waals surface area contributed by atoms with Gasteiger partial charge in [0.25, 0.3) is 15.9 Å². The van der Waals surface area contributed by atoms with Gasteiger partial charge in [0.15, 0.2) is 6.10 Å². The van der Waals surface area contributed by atoms with Crippen molar-refractivity contribution in [2.24, 2.45) is 0 Å². The summed E-state index contributed by atoms with van der Waals surface area (Å²) in [5.41, 5.74) is 1.32. The molecule has 6 nitrogen and oxygen atoms in total. The van der Waals surface area contributed by atoms with Gasteiger partial charge in [-0.1, -0.05) is 54.1 Å². The monoisotopic (exact) mass is 456 g/mol. The molecule has 0 unspecified atom stereocenters. The van der Waals surface area contributed by atoms with Gasteiger partial charge >= 0.3 is 0 Å². The minimum absolute atomic E-state index is 0.113. The van der Waals surface area contributed by atoms with E-state index in [4.69, 9.17) is 16.3 Å². The molecule has 1 atom stereocenters. The molecular weight excluding hydrogens is 436 g/mol. The first-order chi connectivity index (χ1) is 14.9. The zero-order chi connectivity index (χ0) is 22.0. The van der Waals surface area contributed by atoms with E-state index < -0.39 is 16.1 Å². The fourth-order valence-corrected chi connectivity index (χ4v) is 5.09. The second-order valence-corrected chi connectivity index (χ2v) is 9.54. The van der Waals surface area contributed by atoms with Crippen molar-refractivity contribution in [2.45, 2.75) is 17.5 Å². The molecule has 0 saturated heterocycles. The number of likely N-dealkylation sites (N-methyl/N-ethyl adjacent to an activating group) is 1. The fraction of sp³-hybridized carbons (Fsp3) is 0.174. The summed E-state index contributed by atoms with van der Waals surface area (Å²) >= 11 is 5.93. The lowest BCUT2D eigenvalue weighted by atomic mass is 10.2. The first-order valence-corrected chi connectivity index (χ1v) is 11.5. The molecule has 3 aromatic rings. The number of sulfonamides is 1. The Labute approximate surface area is 186 Å². The van der Waals surface area contributed by atoms with Gasteiger partial charge < -0.3 is 9.64 Å². The van der Waals surface area contributed by atoms with Crippen molar-refractivity contribution in [1.82, 2.24) is 4.90 Å². The molecule has 0 fully saturated rings. The molecule has 0 spiro atoms. The molecule has 0 bridgehead atoms. The molecular formula is C23H21ClN2O4S. The Bertz CT molecular complexity index is 1180. The minimum Gasteiger partial charge on any atom is -0.476 e. The third kappa shape index (κ3) is 4.38. The third-order valence-corrected chi connectivity index (χ3v) is 7.10. The van der Waals surface area contributed by atoms with Crippen LogP contribution in [0.1, 0.15) is 5.56 Å². The molecule has 0 radical (unpaired) electrons. The maximum Gasteiger partial charge on any atom is 0.265 e. The molecule has 0 aliphatic carbocycles. The largest absolute Gasteiger partial charge is 0.476 e. The molecule has 1 aliphatic heterocycles. The van der Waals surface area contributed by atoms with Crippen LogP contribution in [0.3, 0.4) is 0 Å². The van der Waals surface area contributed by atoms with Crippen LogP contribution in [0.2, 0.25) is 5.02 Å². The number of hydrogen-bond acceptors (Lipinski definition) is 4. The maximum atomic E-state index is 13.3. The minimum atomic E-state index is -3.86. The number of nitrogens with zero attached hydrogens (tertiary/aromatic N) is 2. The van der Waals surface area contributed by atoms with Gasteiger partial charge in [0.1, 0.15) is 5.75 Å². The lowest BCUT2D eigenvalue weighted by Crippen LogP contribution is -2.50. The highest BCUT2D eigenvalue weighted by Crippen LogP contribution is 2.37. The number of halogens is 1. The van der Waals surface area contributed by atoms with Crippen molar-refractivity contribution >= 4 is 33.2 Å². The van der Waals surface area contributed by atoms with Gasteiger partial charge in [0, 0.05) is 18.6 Å². The topological polar surface area (TPSA) is 66.9 Å². The maximum absolute atomic E-state index is 13.3. The molecule has 0 N–H and O–H groups in total.